The molecule has 2 aromatic heterocycles. The van der Waals surface area contributed by atoms with Crippen LogP contribution < -0.4 is 20.1 Å². The van der Waals surface area contributed by atoms with Crippen LogP contribution in [0.3, 0.4) is 0 Å². The highest BCUT2D eigenvalue weighted by Crippen LogP contribution is 2.37. The summed E-state index contributed by atoms with van der Waals surface area (Å²) >= 11 is 0. The number of hydrogen-bond donors (Lipinski definition) is 2. The minimum atomic E-state index is -0.661. The fourth-order valence-corrected chi connectivity index (χ4v) is 5.47. The Morgan fingerprint density at radius 1 is 0.940 bits per heavy atom. The van der Waals surface area contributed by atoms with Crippen LogP contribution in [0.15, 0.2) is 60.8 Å². The molecule has 0 atom stereocenters. The number of nitrogens with one attached hydrogen (secondary N) is 2. The zero-order valence-corrected chi connectivity index (χ0v) is 28.8. The van der Waals surface area contributed by atoms with Crippen molar-refractivity contribution >= 4 is 51.0 Å². The van der Waals surface area contributed by atoms with Crippen LogP contribution in [-0.4, -0.2) is 103 Å². The number of anilines is 3. The molecule has 1 aliphatic heterocycles. The van der Waals surface area contributed by atoms with Gasteiger partial charge in [0, 0.05) is 54.0 Å². The third-order valence-electron chi connectivity index (χ3n) is 7.80. The van der Waals surface area contributed by atoms with Crippen molar-refractivity contribution in [1.29, 1.82) is 0 Å². The van der Waals surface area contributed by atoms with Crippen molar-refractivity contribution in [3.8, 4) is 22.9 Å². The van der Waals surface area contributed by atoms with E-state index in [1.165, 1.54) is 4.68 Å². The van der Waals surface area contributed by atoms with E-state index in [9.17, 15) is 9.59 Å². The summed E-state index contributed by atoms with van der Waals surface area (Å²) in [5.41, 5.74) is 2.58. The second kappa shape index (κ2) is 15.1. The van der Waals surface area contributed by atoms with Crippen molar-refractivity contribution in [2.75, 3.05) is 70.9 Å². The van der Waals surface area contributed by atoms with Crippen LogP contribution in [0.2, 0.25) is 0 Å². The van der Waals surface area contributed by atoms with Crippen molar-refractivity contribution in [2.24, 2.45) is 0 Å². The summed E-state index contributed by atoms with van der Waals surface area (Å²) in [5.74, 6) is 1.84. The number of methoxy groups -OCH3 is 2. The van der Waals surface area contributed by atoms with E-state index < -0.39 is 11.7 Å². The zero-order valence-electron chi connectivity index (χ0n) is 28.8. The molecule has 6 rings (SSSR count). The van der Waals surface area contributed by atoms with E-state index >= 15 is 0 Å². The van der Waals surface area contributed by atoms with Gasteiger partial charge in [0.15, 0.2) is 17.3 Å². The van der Waals surface area contributed by atoms with E-state index in [0.29, 0.717) is 82.9 Å². The number of hydrogen-bond acceptors (Lipinski definition) is 12. The van der Waals surface area contributed by atoms with Gasteiger partial charge in [0.05, 0.1) is 50.7 Å². The summed E-state index contributed by atoms with van der Waals surface area (Å²) in [5, 5.41) is 12.1. The predicted octanol–water partition coefficient (Wildman–Crippen LogP) is 5.48. The van der Waals surface area contributed by atoms with Crippen LogP contribution in [0.4, 0.5) is 22.0 Å². The quantitative estimate of drug-likeness (QED) is 0.170. The monoisotopic (exact) mass is 683 g/mol. The number of carbonyl (C=O) groups excluding carboxylic acids is 2. The normalized spacial score (nSPS) is 13.7. The Balaban J connectivity index is 1.35. The maximum Gasteiger partial charge on any atom is 0.435 e. The first-order chi connectivity index (χ1) is 24.1. The van der Waals surface area contributed by atoms with Gasteiger partial charge >= 0.3 is 6.09 Å². The molecular formula is C36H41N7O7. The molecule has 3 aromatic carbocycles. The summed E-state index contributed by atoms with van der Waals surface area (Å²) in [6.07, 6.45) is 1.05. The van der Waals surface area contributed by atoms with Gasteiger partial charge < -0.3 is 34.3 Å². The van der Waals surface area contributed by atoms with Crippen molar-refractivity contribution in [3.63, 3.8) is 0 Å². The molecular weight excluding hydrogens is 642 g/mol. The number of nitrogens with zero attached hydrogens (tertiary/aromatic N) is 5. The average molecular weight is 684 g/mol. The van der Waals surface area contributed by atoms with Crippen LogP contribution in [-0.2, 0) is 19.0 Å². The second-order valence-corrected chi connectivity index (χ2v) is 12.7. The summed E-state index contributed by atoms with van der Waals surface area (Å²) < 4.78 is 29.0. The van der Waals surface area contributed by atoms with E-state index in [2.05, 4.69) is 20.6 Å². The smallest absolute Gasteiger partial charge is 0.435 e. The second-order valence-electron chi connectivity index (χ2n) is 12.7. The summed E-state index contributed by atoms with van der Waals surface area (Å²) in [6, 6.07) is 16.6. The molecule has 0 saturated carbocycles. The number of fused-ring (bicyclic) bond motifs is 2. The highest BCUT2D eigenvalue weighted by molar-refractivity contribution is 5.97. The fourth-order valence-electron chi connectivity index (χ4n) is 5.47. The first-order valence-corrected chi connectivity index (χ1v) is 16.3. The van der Waals surface area contributed by atoms with Crippen molar-refractivity contribution in [2.45, 2.75) is 26.4 Å². The van der Waals surface area contributed by atoms with Gasteiger partial charge in [0.1, 0.15) is 18.0 Å². The lowest BCUT2D eigenvalue weighted by molar-refractivity contribution is -0.118. The van der Waals surface area contributed by atoms with Gasteiger partial charge in [-0.15, -0.1) is 0 Å². The predicted molar refractivity (Wildman–Crippen MR) is 189 cm³/mol. The number of ether oxygens (including phenoxy) is 5. The Kier molecular flexibility index (Phi) is 10.4. The topological polar surface area (TPSA) is 151 Å². The Hall–Kier alpha value is -5.31. The highest BCUT2D eigenvalue weighted by atomic mass is 16.6. The van der Waals surface area contributed by atoms with Crippen molar-refractivity contribution < 1.29 is 33.3 Å². The number of benzene rings is 3. The van der Waals surface area contributed by atoms with E-state index in [1.54, 1.807) is 32.5 Å². The third-order valence-corrected chi connectivity index (χ3v) is 7.80. The van der Waals surface area contributed by atoms with E-state index in [1.807, 2.05) is 63.2 Å². The van der Waals surface area contributed by atoms with Gasteiger partial charge in [-0.3, -0.25) is 9.69 Å². The lowest BCUT2D eigenvalue weighted by Crippen LogP contribution is -2.41. The van der Waals surface area contributed by atoms with E-state index in [-0.39, 0.29) is 12.5 Å². The molecule has 50 heavy (non-hydrogen) atoms. The maximum atomic E-state index is 12.9. The summed E-state index contributed by atoms with van der Waals surface area (Å²) in [4.78, 5) is 37.5. The Morgan fingerprint density at radius 3 is 2.52 bits per heavy atom. The van der Waals surface area contributed by atoms with Crippen molar-refractivity contribution in [3.05, 3.63) is 60.8 Å². The number of morpholine rings is 1. The molecule has 2 N–H and O–H groups in total. The largest absolute Gasteiger partial charge is 0.493 e. The average Bonchev–Trinajstić information content (AvgIpc) is 3.51. The molecule has 0 unspecified atom stereocenters. The SMILES string of the molecule is COCCOc1cc2c(Nc3ccc4c(cnn4C(=O)OC(C)(C)C)c3)nc(-c3cccc(NC(=O)CN4CCOCC4)c3)nc2cc1OC. The van der Waals surface area contributed by atoms with Gasteiger partial charge in [-0.2, -0.15) is 9.78 Å². The Morgan fingerprint density at radius 2 is 1.76 bits per heavy atom. The van der Waals surface area contributed by atoms with Gasteiger partial charge in [0.25, 0.3) is 0 Å². The lowest BCUT2D eigenvalue weighted by Gasteiger charge is -2.25. The number of amides is 1. The van der Waals surface area contributed by atoms with Crippen LogP contribution >= 0.6 is 0 Å². The molecule has 1 amide bonds. The first kappa shape index (κ1) is 34.5. The highest BCUT2D eigenvalue weighted by Gasteiger charge is 2.21. The molecule has 1 aliphatic rings. The Labute approximate surface area is 289 Å². The van der Waals surface area contributed by atoms with Crippen LogP contribution in [0.25, 0.3) is 33.2 Å². The minimum absolute atomic E-state index is 0.109. The van der Waals surface area contributed by atoms with Crippen molar-refractivity contribution in [1.82, 2.24) is 24.6 Å². The van der Waals surface area contributed by atoms with Crippen LogP contribution in [0.5, 0.6) is 11.5 Å². The van der Waals surface area contributed by atoms with E-state index in [0.717, 1.165) is 18.5 Å². The molecule has 3 heterocycles. The van der Waals surface area contributed by atoms with E-state index in [4.69, 9.17) is 33.7 Å². The molecule has 262 valence electrons. The van der Waals surface area contributed by atoms with Crippen LogP contribution in [0.1, 0.15) is 20.8 Å². The molecule has 14 heteroatoms. The molecule has 5 aromatic rings. The molecule has 0 spiro atoms. The molecule has 0 bridgehead atoms. The zero-order chi connectivity index (χ0) is 35.3. The molecule has 1 fully saturated rings. The van der Waals surface area contributed by atoms with Gasteiger partial charge in [0.2, 0.25) is 5.91 Å². The summed E-state index contributed by atoms with van der Waals surface area (Å²) in [7, 11) is 3.18. The number of rotatable bonds is 11. The lowest BCUT2D eigenvalue weighted by atomic mass is 10.1. The fraction of sp³-hybridized carbons (Fsp3) is 0.361. The third kappa shape index (κ3) is 8.28. The summed E-state index contributed by atoms with van der Waals surface area (Å²) in [6.45, 7) is 9.10. The number of carbonyl (C=O) groups is 2. The Bertz CT molecular complexity index is 2000. The maximum absolute atomic E-state index is 12.9. The molecule has 0 aliphatic carbocycles. The van der Waals surface area contributed by atoms with Crippen LogP contribution in [0, 0.1) is 0 Å². The molecule has 1 saturated heterocycles. The van der Waals surface area contributed by atoms with Gasteiger partial charge in [-0.05, 0) is 57.2 Å². The first-order valence-electron chi connectivity index (χ1n) is 16.3. The minimum Gasteiger partial charge on any atom is -0.493 e. The molecule has 14 nitrogen and oxygen atoms in total. The molecule has 0 radical (unpaired) electrons. The standard InChI is InChI=1S/C36H41N7O7/c1-36(2,3)50-35(45)43-29-10-9-26(18-24(29)21-37-43)39-34-27-19-31(49-16-15-46-4)30(47-5)20-28(27)40-33(41-34)23-7-6-8-25(17-23)38-32(44)22-42-11-13-48-14-12-42/h6-10,17-21H,11-16,22H2,1-5H3,(H,38,44)(H,39,40,41). The number of aromatic nitrogens is 4. The van der Waals surface area contributed by atoms with Gasteiger partial charge in [-0.1, -0.05) is 12.1 Å². The van der Waals surface area contributed by atoms with Gasteiger partial charge in [-0.25, -0.2) is 14.8 Å².